The molecule has 98 valence electrons. The van der Waals surface area contributed by atoms with E-state index in [2.05, 4.69) is 21.2 Å². The molecule has 0 spiro atoms. The van der Waals surface area contributed by atoms with Gasteiger partial charge in [0.05, 0.1) is 11.2 Å². The zero-order valence-corrected chi connectivity index (χ0v) is 11.8. The van der Waals surface area contributed by atoms with Crippen molar-refractivity contribution in [1.29, 1.82) is 0 Å². The Morgan fingerprint density at radius 3 is 3.00 bits per heavy atom. The third-order valence-electron chi connectivity index (χ3n) is 3.17. The molecule has 1 aromatic carbocycles. The lowest BCUT2D eigenvalue weighted by Gasteiger charge is -2.24. The minimum absolute atomic E-state index is 0.192. The molecule has 1 aromatic rings. The Hall–Kier alpha value is -1.07. The van der Waals surface area contributed by atoms with Crippen molar-refractivity contribution >= 4 is 27.6 Å². The van der Waals surface area contributed by atoms with Crippen LogP contribution in [0.15, 0.2) is 22.7 Å². The number of benzene rings is 1. The number of aromatic carboxylic acids is 1. The second-order valence-corrected chi connectivity index (χ2v) is 5.67. The van der Waals surface area contributed by atoms with Gasteiger partial charge in [-0.3, -0.25) is 0 Å². The van der Waals surface area contributed by atoms with E-state index in [9.17, 15) is 4.79 Å². The fourth-order valence-electron chi connectivity index (χ4n) is 2.11. The molecule has 1 fully saturated rings. The summed E-state index contributed by atoms with van der Waals surface area (Å²) in [6.07, 6.45) is 2.06. The van der Waals surface area contributed by atoms with Crippen molar-refractivity contribution in [3.8, 4) is 0 Å². The number of carboxylic acid groups (broad SMARTS) is 1. The summed E-state index contributed by atoms with van der Waals surface area (Å²) in [5, 5.41) is 12.3. The van der Waals surface area contributed by atoms with Crippen molar-refractivity contribution < 1.29 is 14.6 Å². The third kappa shape index (κ3) is 3.03. The summed E-state index contributed by atoms with van der Waals surface area (Å²) in [4.78, 5) is 11.2. The summed E-state index contributed by atoms with van der Waals surface area (Å²) in [5.41, 5.74) is 0.705. The van der Waals surface area contributed by atoms with E-state index in [0.717, 1.165) is 23.9 Å². The second-order valence-electron chi connectivity index (χ2n) is 4.75. The second kappa shape index (κ2) is 5.28. The van der Waals surface area contributed by atoms with Crippen LogP contribution in [0.5, 0.6) is 0 Å². The summed E-state index contributed by atoms with van der Waals surface area (Å²) >= 11 is 3.28. The number of hydrogen-bond acceptors (Lipinski definition) is 3. The summed E-state index contributed by atoms with van der Waals surface area (Å²) in [5.74, 6) is -0.934. The molecule has 0 amide bonds. The van der Waals surface area contributed by atoms with E-state index in [4.69, 9.17) is 9.84 Å². The fourth-order valence-corrected chi connectivity index (χ4v) is 2.47. The van der Waals surface area contributed by atoms with Gasteiger partial charge in [0.25, 0.3) is 0 Å². The zero-order valence-electron chi connectivity index (χ0n) is 10.2. The van der Waals surface area contributed by atoms with Crippen molar-refractivity contribution in [3.63, 3.8) is 0 Å². The number of carboxylic acids is 1. The van der Waals surface area contributed by atoms with Gasteiger partial charge < -0.3 is 15.2 Å². The molecule has 0 radical (unpaired) electrons. The van der Waals surface area contributed by atoms with Crippen molar-refractivity contribution in [2.75, 3.05) is 18.5 Å². The van der Waals surface area contributed by atoms with Crippen LogP contribution in [0.3, 0.4) is 0 Å². The van der Waals surface area contributed by atoms with E-state index < -0.39 is 5.97 Å². The lowest BCUT2D eigenvalue weighted by atomic mass is 10.0. The first-order valence-corrected chi connectivity index (χ1v) is 6.70. The van der Waals surface area contributed by atoms with Crippen LogP contribution in [0.25, 0.3) is 0 Å². The topological polar surface area (TPSA) is 58.6 Å². The van der Waals surface area contributed by atoms with Crippen LogP contribution in [0, 0.1) is 0 Å². The average molecular weight is 314 g/mol. The summed E-state index contributed by atoms with van der Waals surface area (Å²) < 4.78 is 6.43. The molecule has 1 unspecified atom stereocenters. The highest BCUT2D eigenvalue weighted by Gasteiger charge is 2.29. The molecule has 0 bridgehead atoms. The van der Waals surface area contributed by atoms with E-state index in [1.807, 2.05) is 13.0 Å². The van der Waals surface area contributed by atoms with E-state index in [1.165, 1.54) is 0 Å². The monoisotopic (exact) mass is 313 g/mol. The fraction of sp³-hybridized carbons (Fsp3) is 0.462. The number of rotatable bonds is 4. The van der Waals surface area contributed by atoms with Crippen LogP contribution in [0.1, 0.15) is 30.1 Å². The largest absolute Gasteiger partial charge is 0.478 e. The zero-order chi connectivity index (χ0) is 13.2. The SMILES string of the molecule is CC1(CNc2ccc(Br)cc2C(=O)O)CCCO1. The number of hydrogen-bond donors (Lipinski definition) is 2. The number of anilines is 1. The minimum Gasteiger partial charge on any atom is -0.478 e. The highest BCUT2D eigenvalue weighted by atomic mass is 79.9. The van der Waals surface area contributed by atoms with E-state index in [0.29, 0.717) is 12.2 Å². The molecule has 1 saturated heterocycles. The maximum Gasteiger partial charge on any atom is 0.337 e. The van der Waals surface area contributed by atoms with E-state index in [1.54, 1.807) is 12.1 Å². The first-order valence-electron chi connectivity index (χ1n) is 5.91. The summed E-state index contributed by atoms with van der Waals surface area (Å²) in [7, 11) is 0. The lowest BCUT2D eigenvalue weighted by molar-refractivity contribution is 0.0314. The lowest BCUT2D eigenvalue weighted by Crippen LogP contribution is -2.32. The molecule has 1 aliphatic rings. The van der Waals surface area contributed by atoms with Crippen LogP contribution in [0.2, 0.25) is 0 Å². The molecule has 0 aliphatic carbocycles. The maximum atomic E-state index is 11.2. The summed E-state index contributed by atoms with van der Waals surface area (Å²) in [6, 6.07) is 5.20. The average Bonchev–Trinajstić information content (AvgIpc) is 2.75. The Morgan fingerprint density at radius 2 is 2.39 bits per heavy atom. The molecule has 0 saturated carbocycles. The quantitative estimate of drug-likeness (QED) is 0.896. The van der Waals surface area contributed by atoms with Crippen molar-refractivity contribution in [1.82, 2.24) is 0 Å². The van der Waals surface area contributed by atoms with Gasteiger partial charge in [-0.2, -0.15) is 0 Å². The Bertz CT molecular complexity index is 456. The van der Waals surface area contributed by atoms with Gasteiger partial charge in [0.2, 0.25) is 0 Å². The van der Waals surface area contributed by atoms with Gasteiger partial charge >= 0.3 is 5.97 Å². The highest BCUT2D eigenvalue weighted by molar-refractivity contribution is 9.10. The molecule has 4 nitrogen and oxygen atoms in total. The Balaban J connectivity index is 2.11. The molecule has 2 N–H and O–H groups in total. The maximum absolute atomic E-state index is 11.2. The number of nitrogens with one attached hydrogen (secondary N) is 1. The van der Waals surface area contributed by atoms with Gasteiger partial charge in [-0.25, -0.2) is 4.79 Å². The molecular formula is C13H16BrNO3. The molecule has 2 rings (SSSR count). The number of carbonyl (C=O) groups is 1. The van der Waals surface area contributed by atoms with Gasteiger partial charge in [-0.05, 0) is 38.0 Å². The van der Waals surface area contributed by atoms with Gasteiger partial charge in [-0.1, -0.05) is 15.9 Å². The standard InChI is InChI=1S/C13H16BrNO3/c1-13(5-2-6-18-13)8-15-11-4-3-9(14)7-10(11)12(16)17/h3-4,7,15H,2,5-6,8H2,1H3,(H,16,17). The molecule has 1 atom stereocenters. The van der Waals surface area contributed by atoms with Crippen LogP contribution in [0.4, 0.5) is 5.69 Å². The molecule has 1 aliphatic heterocycles. The van der Waals surface area contributed by atoms with Gasteiger partial charge in [0.15, 0.2) is 0 Å². The van der Waals surface area contributed by atoms with E-state index in [-0.39, 0.29) is 11.2 Å². The Kier molecular flexibility index (Phi) is 3.92. The molecule has 5 heteroatoms. The third-order valence-corrected chi connectivity index (χ3v) is 3.66. The predicted molar refractivity (Wildman–Crippen MR) is 73.2 cm³/mol. The van der Waals surface area contributed by atoms with Gasteiger partial charge in [0, 0.05) is 23.3 Å². The Morgan fingerprint density at radius 1 is 1.61 bits per heavy atom. The molecule has 0 aromatic heterocycles. The van der Waals surface area contributed by atoms with Crippen molar-refractivity contribution in [3.05, 3.63) is 28.2 Å². The van der Waals surface area contributed by atoms with Gasteiger partial charge in [-0.15, -0.1) is 0 Å². The van der Waals surface area contributed by atoms with Crippen molar-refractivity contribution in [2.24, 2.45) is 0 Å². The molecule has 18 heavy (non-hydrogen) atoms. The minimum atomic E-state index is -0.934. The highest BCUT2D eigenvalue weighted by Crippen LogP contribution is 2.27. The normalized spacial score (nSPS) is 23.0. The molecule has 1 heterocycles. The number of halogens is 1. The first kappa shape index (κ1) is 13.4. The van der Waals surface area contributed by atoms with Crippen LogP contribution >= 0.6 is 15.9 Å². The first-order chi connectivity index (χ1) is 8.50. The molecular weight excluding hydrogens is 298 g/mol. The van der Waals surface area contributed by atoms with Crippen LogP contribution in [-0.4, -0.2) is 29.8 Å². The predicted octanol–water partition coefficient (Wildman–Crippen LogP) is 3.13. The van der Waals surface area contributed by atoms with Crippen LogP contribution < -0.4 is 5.32 Å². The smallest absolute Gasteiger partial charge is 0.337 e. The van der Waals surface area contributed by atoms with Gasteiger partial charge in [0.1, 0.15) is 0 Å². The van der Waals surface area contributed by atoms with Crippen LogP contribution in [-0.2, 0) is 4.74 Å². The van der Waals surface area contributed by atoms with Crippen molar-refractivity contribution in [2.45, 2.75) is 25.4 Å². The summed E-state index contributed by atoms with van der Waals surface area (Å²) in [6.45, 7) is 3.45. The number of ether oxygens (including phenoxy) is 1. The Labute approximate surface area is 114 Å². The van der Waals surface area contributed by atoms with E-state index >= 15 is 0 Å².